The van der Waals surface area contributed by atoms with Gasteiger partial charge in [0.25, 0.3) is 0 Å². The van der Waals surface area contributed by atoms with Crippen molar-refractivity contribution in [1.82, 2.24) is 19.9 Å². The summed E-state index contributed by atoms with van der Waals surface area (Å²) in [6, 6.07) is 8.48. The van der Waals surface area contributed by atoms with Gasteiger partial charge in [0.2, 0.25) is 17.6 Å². The molecule has 6 nitrogen and oxygen atoms in total. The highest BCUT2D eigenvalue weighted by molar-refractivity contribution is 5.76. The van der Waals surface area contributed by atoms with Crippen molar-refractivity contribution in [2.24, 2.45) is 5.92 Å². The van der Waals surface area contributed by atoms with E-state index in [1.54, 1.807) is 0 Å². The number of amides is 1. The lowest BCUT2D eigenvalue weighted by Gasteiger charge is -2.35. The van der Waals surface area contributed by atoms with E-state index in [1.807, 2.05) is 4.90 Å². The van der Waals surface area contributed by atoms with Crippen LogP contribution in [0.15, 0.2) is 28.8 Å². The summed E-state index contributed by atoms with van der Waals surface area (Å²) in [5.41, 5.74) is 2.28. The van der Waals surface area contributed by atoms with Gasteiger partial charge in [0.05, 0.1) is 0 Å². The van der Waals surface area contributed by atoms with Crippen LogP contribution in [0.4, 0.5) is 0 Å². The Balaban J connectivity index is 1.28. The number of piperazine rings is 1. The van der Waals surface area contributed by atoms with Crippen molar-refractivity contribution >= 4 is 5.91 Å². The first-order chi connectivity index (χ1) is 14.6. The lowest BCUT2D eigenvalue weighted by atomic mass is 10.0. The van der Waals surface area contributed by atoms with E-state index in [2.05, 4.69) is 53.2 Å². The largest absolute Gasteiger partial charge is 0.340 e. The molecule has 162 valence electrons. The first-order valence-corrected chi connectivity index (χ1v) is 11.6. The summed E-state index contributed by atoms with van der Waals surface area (Å²) in [5.74, 6) is 2.72. The van der Waals surface area contributed by atoms with Crippen molar-refractivity contribution in [3.05, 3.63) is 35.7 Å². The molecule has 2 fully saturated rings. The van der Waals surface area contributed by atoms with E-state index >= 15 is 0 Å². The molecule has 0 radical (unpaired) electrons. The Labute approximate surface area is 179 Å². The molecule has 1 saturated carbocycles. The maximum atomic E-state index is 12.4. The molecule has 1 aliphatic carbocycles. The van der Waals surface area contributed by atoms with Crippen molar-refractivity contribution in [2.45, 2.75) is 64.8 Å². The molecule has 2 aliphatic rings. The van der Waals surface area contributed by atoms with Crippen LogP contribution in [0.25, 0.3) is 11.4 Å². The molecule has 2 aromatic rings. The summed E-state index contributed by atoms with van der Waals surface area (Å²) in [6.07, 6.45) is 6.59. The fourth-order valence-electron chi connectivity index (χ4n) is 4.44. The Morgan fingerprint density at radius 2 is 1.83 bits per heavy atom. The molecule has 4 rings (SSSR count). The fraction of sp³-hybridized carbons (Fsp3) is 0.625. The zero-order chi connectivity index (χ0) is 20.9. The second-order valence-corrected chi connectivity index (χ2v) is 9.01. The van der Waals surface area contributed by atoms with Crippen molar-refractivity contribution < 1.29 is 9.32 Å². The third-order valence-corrected chi connectivity index (χ3v) is 6.71. The second-order valence-electron chi connectivity index (χ2n) is 9.01. The first kappa shape index (κ1) is 21.0. The molecule has 1 aliphatic heterocycles. The normalized spacial score (nSPS) is 19.3. The highest BCUT2D eigenvalue weighted by Crippen LogP contribution is 2.33. The molecule has 2 heterocycles. The average Bonchev–Trinajstić information content (AvgIpc) is 3.47. The summed E-state index contributed by atoms with van der Waals surface area (Å²) in [5, 5.41) is 4.19. The van der Waals surface area contributed by atoms with Gasteiger partial charge in [-0.25, -0.2) is 0 Å². The number of hydrogen-bond donors (Lipinski definition) is 0. The van der Waals surface area contributed by atoms with Crippen LogP contribution in [0, 0.1) is 5.92 Å². The minimum absolute atomic E-state index is 0.311. The van der Waals surface area contributed by atoms with E-state index < -0.39 is 0 Å². The first-order valence-electron chi connectivity index (χ1n) is 11.6. The maximum absolute atomic E-state index is 12.4. The molecule has 0 bridgehead atoms. The molecule has 6 heteroatoms. The third kappa shape index (κ3) is 5.09. The van der Waals surface area contributed by atoms with Gasteiger partial charge in [-0.05, 0) is 24.3 Å². The van der Waals surface area contributed by atoms with Crippen LogP contribution < -0.4 is 0 Å². The van der Waals surface area contributed by atoms with Crippen molar-refractivity contribution in [3.8, 4) is 11.4 Å². The van der Waals surface area contributed by atoms with Gasteiger partial charge in [-0.1, -0.05) is 62.5 Å². The molecular formula is C24H34N4O2. The zero-order valence-electron chi connectivity index (χ0n) is 18.3. The number of carbonyl (C=O) groups excluding carboxylic acids is 1. The highest BCUT2D eigenvalue weighted by atomic mass is 16.5. The monoisotopic (exact) mass is 410 g/mol. The summed E-state index contributed by atoms with van der Waals surface area (Å²) in [6.45, 7) is 8.75. The number of aromatic nitrogens is 2. The molecule has 1 unspecified atom stereocenters. The molecule has 1 atom stereocenters. The summed E-state index contributed by atoms with van der Waals surface area (Å²) in [4.78, 5) is 21.5. The van der Waals surface area contributed by atoms with E-state index in [9.17, 15) is 4.79 Å². The van der Waals surface area contributed by atoms with Gasteiger partial charge in [-0.15, -0.1) is 0 Å². The van der Waals surface area contributed by atoms with Crippen LogP contribution in [0.3, 0.4) is 0 Å². The van der Waals surface area contributed by atoms with Gasteiger partial charge < -0.3 is 9.42 Å². The van der Waals surface area contributed by atoms with Gasteiger partial charge >= 0.3 is 0 Å². The summed E-state index contributed by atoms with van der Waals surface area (Å²) in [7, 11) is 0. The molecule has 30 heavy (non-hydrogen) atoms. The van der Waals surface area contributed by atoms with Crippen LogP contribution in [0.5, 0.6) is 0 Å². The Morgan fingerprint density at radius 1 is 1.13 bits per heavy atom. The number of benzene rings is 1. The Morgan fingerprint density at radius 3 is 2.50 bits per heavy atom. The van der Waals surface area contributed by atoms with E-state index in [1.165, 1.54) is 18.4 Å². The van der Waals surface area contributed by atoms with E-state index in [4.69, 9.17) is 4.52 Å². The van der Waals surface area contributed by atoms with Gasteiger partial charge in [0.1, 0.15) is 0 Å². The topological polar surface area (TPSA) is 62.5 Å². The molecule has 0 N–H and O–H groups in total. The van der Waals surface area contributed by atoms with Gasteiger partial charge in [-0.3, -0.25) is 9.69 Å². The van der Waals surface area contributed by atoms with E-state index in [-0.39, 0.29) is 0 Å². The zero-order valence-corrected chi connectivity index (χ0v) is 18.3. The highest BCUT2D eigenvalue weighted by Gasteiger charge is 2.24. The Hall–Kier alpha value is -2.21. The second kappa shape index (κ2) is 9.73. The van der Waals surface area contributed by atoms with Crippen LogP contribution in [-0.4, -0.2) is 52.0 Å². The van der Waals surface area contributed by atoms with Crippen molar-refractivity contribution in [2.75, 3.05) is 26.2 Å². The van der Waals surface area contributed by atoms with Gasteiger partial charge in [0, 0.05) is 50.6 Å². The predicted octanol–water partition coefficient (Wildman–Crippen LogP) is 4.47. The van der Waals surface area contributed by atoms with Crippen LogP contribution in [0.2, 0.25) is 0 Å². The number of hydrogen-bond acceptors (Lipinski definition) is 5. The Kier molecular flexibility index (Phi) is 6.82. The average molecular weight is 411 g/mol. The van der Waals surface area contributed by atoms with Crippen molar-refractivity contribution in [1.29, 1.82) is 0 Å². The van der Waals surface area contributed by atoms with E-state index in [0.29, 0.717) is 30.0 Å². The Bertz CT molecular complexity index is 818. The summed E-state index contributed by atoms with van der Waals surface area (Å²) >= 11 is 0. The van der Waals surface area contributed by atoms with Crippen LogP contribution >= 0.6 is 0 Å². The molecular weight excluding hydrogens is 376 g/mol. The number of nitrogens with zero attached hydrogens (tertiary/aromatic N) is 4. The molecule has 1 amide bonds. The molecule has 1 aromatic heterocycles. The van der Waals surface area contributed by atoms with Crippen LogP contribution in [0.1, 0.15) is 69.7 Å². The molecule has 0 spiro atoms. The minimum atomic E-state index is 0.311. The third-order valence-electron chi connectivity index (χ3n) is 6.71. The minimum Gasteiger partial charge on any atom is -0.340 e. The SMILES string of the molecule is CCC(C)CC(=O)N1CCN(Cc2ccc(-c3noc(C4CCCC4)n3)cc2)CC1. The quantitative estimate of drug-likeness (QED) is 0.674. The lowest BCUT2D eigenvalue weighted by molar-refractivity contribution is -0.133. The smallest absolute Gasteiger partial charge is 0.230 e. The fourth-order valence-corrected chi connectivity index (χ4v) is 4.44. The lowest BCUT2D eigenvalue weighted by Crippen LogP contribution is -2.48. The standard InChI is InChI=1S/C24H34N4O2/c1-3-18(2)16-22(29)28-14-12-27(13-15-28)17-19-8-10-20(11-9-19)23-25-24(30-26-23)21-6-4-5-7-21/h8-11,18,21H,3-7,12-17H2,1-2H3. The molecule has 1 aromatic carbocycles. The number of rotatable bonds is 7. The van der Waals surface area contributed by atoms with Crippen LogP contribution in [-0.2, 0) is 11.3 Å². The number of carbonyl (C=O) groups is 1. The molecule has 1 saturated heterocycles. The van der Waals surface area contributed by atoms with Gasteiger partial charge in [0.15, 0.2) is 0 Å². The predicted molar refractivity (Wildman–Crippen MR) is 117 cm³/mol. The maximum Gasteiger partial charge on any atom is 0.230 e. The summed E-state index contributed by atoms with van der Waals surface area (Å²) < 4.78 is 5.51. The van der Waals surface area contributed by atoms with E-state index in [0.717, 1.165) is 63.4 Å². The van der Waals surface area contributed by atoms with Gasteiger partial charge in [-0.2, -0.15) is 4.98 Å². The van der Waals surface area contributed by atoms with Crippen molar-refractivity contribution in [3.63, 3.8) is 0 Å².